The maximum atomic E-state index is 5.97. The second-order valence-corrected chi connectivity index (χ2v) is 6.36. The van der Waals surface area contributed by atoms with Crippen LogP contribution in [0.2, 0.25) is 0 Å². The molecule has 0 aliphatic carbocycles. The van der Waals surface area contributed by atoms with Gasteiger partial charge in [-0.05, 0) is 44.8 Å². The summed E-state index contributed by atoms with van der Waals surface area (Å²) in [6.07, 6.45) is 3.68. The van der Waals surface area contributed by atoms with Gasteiger partial charge in [-0.2, -0.15) is 0 Å². The fourth-order valence-corrected chi connectivity index (χ4v) is 3.21. The van der Waals surface area contributed by atoms with Gasteiger partial charge in [0.25, 0.3) is 0 Å². The van der Waals surface area contributed by atoms with Crippen LogP contribution in [0.5, 0.6) is 0 Å². The van der Waals surface area contributed by atoms with E-state index in [0.717, 1.165) is 58.9 Å². The molecule has 2 fully saturated rings. The van der Waals surface area contributed by atoms with Crippen molar-refractivity contribution in [2.75, 3.05) is 65.6 Å². The van der Waals surface area contributed by atoms with Crippen LogP contribution in [0.3, 0.4) is 0 Å². The molecule has 0 aromatic rings. The van der Waals surface area contributed by atoms with Crippen LogP contribution in [-0.2, 0) is 4.74 Å². The molecular formula is C16H33N5O. The van der Waals surface area contributed by atoms with Crippen molar-refractivity contribution in [3.63, 3.8) is 0 Å². The number of aliphatic imine (C=N–C) groups is 1. The van der Waals surface area contributed by atoms with E-state index in [0.29, 0.717) is 11.9 Å². The van der Waals surface area contributed by atoms with E-state index in [4.69, 9.17) is 10.5 Å². The molecule has 0 bridgehead atoms. The zero-order valence-electron chi connectivity index (χ0n) is 14.1. The number of rotatable bonds is 7. The van der Waals surface area contributed by atoms with Gasteiger partial charge in [0.05, 0.1) is 13.2 Å². The molecule has 22 heavy (non-hydrogen) atoms. The predicted octanol–water partition coefficient (Wildman–Crippen LogP) is 0.345. The van der Waals surface area contributed by atoms with E-state index in [2.05, 4.69) is 27.0 Å². The van der Waals surface area contributed by atoms with Crippen LogP contribution in [0.1, 0.15) is 26.2 Å². The molecule has 0 radical (unpaired) electrons. The summed E-state index contributed by atoms with van der Waals surface area (Å²) in [7, 11) is 0. The molecule has 2 aliphatic heterocycles. The molecule has 2 aliphatic rings. The van der Waals surface area contributed by atoms with Gasteiger partial charge in [0, 0.05) is 32.7 Å². The lowest BCUT2D eigenvalue weighted by Gasteiger charge is -2.30. The summed E-state index contributed by atoms with van der Waals surface area (Å²) < 4.78 is 5.35. The number of hydrogen-bond donors (Lipinski definition) is 2. The molecule has 2 saturated heterocycles. The van der Waals surface area contributed by atoms with Crippen molar-refractivity contribution < 1.29 is 4.74 Å². The minimum atomic E-state index is 0.607. The highest BCUT2D eigenvalue weighted by Gasteiger charge is 2.18. The Bertz CT molecular complexity index is 330. The normalized spacial score (nSPS) is 25.3. The monoisotopic (exact) mass is 311 g/mol. The Balaban J connectivity index is 1.55. The quantitative estimate of drug-likeness (QED) is 0.403. The van der Waals surface area contributed by atoms with E-state index in [1.807, 2.05) is 0 Å². The van der Waals surface area contributed by atoms with E-state index in [1.54, 1.807) is 0 Å². The zero-order chi connectivity index (χ0) is 15.6. The first-order chi connectivity index (χ1) is 10.8. The molecule has 0 saturated carbocycles. The molecule has 2 heterocycles. The third-order valence-corrected chi connectivity index (χ3v) is 4.63. The number of likely N-dealkylation sites (tertiary alicyclic amines) is 1. The Hall–Kier alpha value is -0.850. The number of nitrogens with one attached hydrogen (secondary N) is 1. The van der Waals surface area contributed by atoms with Crippen molar-refractivity contribution >= 4 is 5.96 Å². The summed E-state index contributed by atoms with van der Waals surface area (Å²) in [4.78, 5) is 9.48. The summed E-state index contributed by atoms with van der Waals surface area (Å²) in [6, 6.07) is 0. The van der Waals surface area contributed by atoms with Crippen molar-refractivity contribution in [3.8, 4) is 0 Å². The van der Waals surface area contributed by atoms with Gasteiger partial charge >= 0.3 is 0 Å². The molecule has 2 rings (SSSR count). The first-order valence-corrected chi connectivity index (χ1v) is 8.84. The van der Waals surface area contributed by atoms with Gasteiger partial charge in [-0.3, -0.25) is 9.89 Å². The fourth-order valence-electron chi connectivity index (χ4n) is 3.21. The number of morpholine rings is 1. The Morgan fingerprint density at radius 3 is 2.86 bits per heavy atom. The molecule has 6 heteroatoms. The van der Waals surface area contributed by atoms with Crippen molar-refractivity contribution in [3.05, 3.63) is 0 Å². The van der Waals surface area contributed by atoms with E-state index < -0.39 is 0 Å². The summed E-state index contributed by atoms with van der Waals surface area (Å²) in [6.45, 7) is 12.5. The number of guanidine groups is 1. The number of piperidine rings is 1. The number of hydrogen-bond acceptors (Lipinski definition) is 4. The van der Waals surface area contributed by atoms with E-state index in [1.165, 1.54) is 25.9 Å². The van der Waals surface area contributed by atoms with Gasteiger partial charge in [-0.1, -0.05) is 6.92 Å². The number of nitrogens with zero attached hydrogens (tertiary/aromatic N) is 3. The van der Waals surface area contributed by atoms with Crippen LogP contribution >= 0.6 is 0 Å². The lowest BCUT2D eigenvalue weighted by molar-refractivity contribution is 0.0376. The van der Waals surface area contributed by atoms with E-state index in [-0.39, 0.29) is 0 Å². The molecule has 1 unspecified atom stereocenters. The molecule has 6 nitrogen and oxygen atoms in total. The highest BCUT2D eigenvalue weighted by atomic mass is 16.5. The van der Waals surface area contributed by atoms with Crippen LogP contribution in [0.25, 0.3) is 0 Å². The lowest BCUT2D eigenvalue weighted by atomic mass is 9.98. The largest absolute Gasteiger partial charge is 0.379 e. The summed E-state index contributed by atoms with van der Waals surface area (Å²) in [5.74, 6) is 1.28. The lowest BCUT2D eigenvalue weighted by Crippen LogP contribution is -2.39. The third-order valence-electron chi connectivity index (χ3n) is 4.63. The van der Waals surface area contributed by atoms with Gasteiger partial charge in [-0.25, -0.2) is 0 Å². The van der Waals surface area contributed by atoms with Crippen LogP contribution in [0.15, 0.2) is 4.99 Å². The van der Waals surface area contributed by atoms with Gasteiger partial charge in [0.2, 0.25) is 0 Å². The average Bonchev–Trinajstić information content (AvgIpc) is 2.58. The summed E-state index contributed by atoms with van der Waals surface area (Å²) in [5.41, 5.74) is 5.97. The molecule has 1 atom stereocenters. The first-order valence-electron chi connectivity index (χ1n) is 8.84. The maximum Gasteiger partial charge on any atom is 0.188 e. The van der Waals surface area contributed by atoms with Gasteiger partial charge in [0.15, 0.2) is 5.96 Å². The fraction of sp³-hybridized carbons (Fsp3) is 0.938. The zero-order valence-corrected chi connectivity index (χ0v) is 14.1. The second kappa shape index (κ2) is 10.0. The Kier molecular flexibility index (Phi) is 7.98. The van der Waals surface area contributed by atoms with Crippen LogP contribution < -0.4 is 11.1 Å². The van der Waals surface area contributed by atoms with Crippen LogP contribution in [0.4, 0.5) is 0 Å². The molecule has 3 N–H and O–H groups in total. The Labute approximate surface area is 135 Å². The summed E-state index contributed by atoms with van der Waals surface area (Å²) >= 11 is 0. The second-order valence-electron chi connectivity index (χ2n) is 6.36. The maximum absolute atomic E-state index is 5.97. The van der Waals surface area contributed by atoms with Crippen LogP contribution in [-0.4, -0.2) is 81.3 Å². The third kappa shape index (κ3) is 6.50. The van der Waals surface area contributed by atoms with E-state index >= 15 is 0 Å². The molecular weight excluding hydrogens is 278 g/mol. The highest BCUT2D eigenvalue weighted by molar-refractivity contribution is 5.77. The number of ether oxygens (including phenoxy) is 1. The minimum absolute atomic E-state index is 0.607. The standard InChI is InChI=1S/C16H33N5O/c1-2-20-7-3-5-15(14-20)13-19-16(17)18-6-4-8-21-9-11-22-12-10-21/h15H,2-14H2,1H3,(H3,17,18,19). The SMILES string of the molecule is CCN1CCCC(CN=C(N)NCCCN2CCOCC2)C1. The molecule has 0 aromatic carbocycles. The average molecular weight is 311 g/mol. The van der Waals surface area contributed by atoms with Crippen molar-refractivity contribution in [2.24, 2.45) is 16.6 Å². The molecule has 128 valence electrons. The van der Waals surface area contributed by atoms with Crippen molar-refractivity contribution in [2.45, 2.75) is 26.2 Å². The Morgan fingerprint density at radius 1 is 1.27 bits per heavy atom. The smallest absolute Gasteiger partial charge is 0.188 e. The first kappa shape index (κ1) is 17.5. The number of nitrogens with two attached hydrogens (primary N) is 1. The van der Waals surface area contributed by atoms with Gasteiger partial charge < -0.3 is 20.7 Å². The molecule has 0 amide bonds. The molecule has 0 aromatic heterocycles. The topological polar surface area (TPSA) is 66.1 Å². The van der Waals surface area contributed by atoms with E-state index in [9.17, 15) is 0 Å². The summed E-state index contributed by atoms with van der Waals surface area (Å²) in [5, 5.41) is 3.24. The van der Waals surface area contributed by atoms with Crippen molar-refractivity contribution in [1.29, 1.82) is 0 Å². The van der Waals surface area contributed by atoms with Crippen LogP contribution in [0, 0.1) is 5.92 Å². The van der Waals surface area contributed by atoms with Gasteiger partial charge in [0.1, 0.15) is 0 Å². The highest BCUT2D eigenvalue weighted by Crippen LogP contribution is 2.16. The molecule has 0 spiro atoms. The minimum Gasteiger partial charge on any atom is -0.379 e. The van der Waals surface area contributed by atoms with Crippen molar-refractivity contribution in [1.82, 2.24) is 15.1 Å². The predicted molar refractivity (Wildman–Crippen MR) is 91.2 cm³/mol. The Morgan fingerprint density at radius 2 is 2.09 bits per heavy atom. The van der Waals surface area contributed by atoms with Gasteiger partial charge in [-0.15, -0.1) is 0 Å².